The van der Waals surface area contributed by atoms with Crippen LogP contribution in [0.25, 0.3) is 11.4 Å². The lowest BCUT2D eigenvalue weighted by Gasteiger charge is -2.09. The molecule has 7 nitrogen and oxygen atoms in total. The maximum atomic E-state index is 12.4. The first-order valence-corrected chi connectivity index (χ1v) is 9.52. The number of hydrogen-bond acceptors (Lipinski definition) is 5. The topological polar surface area (TPSA) is 97.0 Å². The first-order valence-electron chi connectivity index (χ1n) is 9.52. The molecule has 0 spiro atoms. The van der Waals surface area contributed by atoms with Crippen molar-refractivity contribution in [2.75, 3.05) is 11.9 Å². The molecular formula is C22H24N4O3. The molecule has 0 unspecified atom stereocenters. The Bertz CT molecular complexity index is 1010. The van der Waals surface area contributed by atoms with E-state index in [0.717, 1.165) is 22.7 Å². The van der Waals surface area contributed by atoms with Crippen LogP contribution in [0, 0.1) is 13.8 Å². The number of aromatic nitrogens is 3. The molecule has 0 aliphatic rings. The van der Waals surface area contributed by atoms with Crippen LogP contribution in [-0.2, 0) is 4.79 Å². The number of H-pyrrole nitrogens is 1. The van der Waals surface area contributed by atoms with Gasteiger partial charge in [0.25, 0.3) is 0 Å². The van der Waals surface area contributed by atoms with Crippen molar-refractivity contribution < 1.29 is 14.3 Å². The molecule has 1 heterocycles. The maximum absolute atomic E-state index is 12.4. The van der Waals surface area contributed by atoms with E-state index in [9.17, 15) is 9.59 Å². The number of Topliss-reactive ketones (excluding diaryl/α,β-unsaturated/α-hetero) is 1. The Balaban J connectivity index is 1.53. The van der Waals surface area contributed by atoms with E-state index in [4.69, 9.17) is 4.74 Å². The van der Waals surface area contributed by atoms with E-state index in [-0.39, 0.29) is 24.5 Å². The molecule has 150 valence electrons. The van der Waals surface area contributed by atoms with E-state index in [2.05, 4.69) is 20.5 Å². The number of ketones is 1. The number of benzene rings is 2. The van der Waals surface area contributed by atoms with Crippen molar-refractivity contribution in [1.29, 1.82) is 0 Å². The molecule has 1 amide bonds. The number of nitrogens with one attached hydrogen (secondary N) is 2. The van der Waals surface area contributed by atoms with Crippen LogP contribution in [0.2, 0.25) is 0 Å². The lowest BCUT2D eigenvalue weighted by atomic mass is 10.0. The minimum atomic E-state index is -0.206. The zero-order valence-corrected chi connectivity index (χ0v) is 16.8. The molecule has 0 aliphatic heterocycles. The third kappa shape index (κ3) is 5.28. The predicted octanol–water partition coefficient (Wildman–Crippen LogP) is 4.09. The van der Waals surface area contributed by atoms with Gasteiger partial charge >= 0.3 is 0 Å². The number of anilines is 1. The Morgan fingerprint density at radius 1 is 1.07 bits per heavy atom. The summed E-state index contributed by atoms with van der Waals surface area (Å²) in [7, 11) is 0. The van der Waals surface area contributed by atoms with Crippen molar-refractivity contribution in [3.05, 3.63) is 59.4 Å². The number of rotatable bonds is 8. The summed E-state index contributed by atoms with van der Waals surface area (Å²) in [5.74, 6) is 1.84. The van der Waals surface area contributed by atoms with Crippen LogP contribution in [0.15, 0.2) is 42.5 Å². The number of hydrogen-bond donors (Lipinski definition) is 2. The second kappa shape index (κ2) is 9.14. The highest BCUT2D eigenvalue weighted by Crippen LogP contribution is 2.21. The number of ether oxygens (including phenoxy) is 1. The van der Waals surface area contributed by atoms with Gasteiger partial charge in [-0.15, -0.1) is 0 Å². The highest BCUT2D eigenvalue weighted by Gasteiger charge is 2.12. The van der Waals surface area contributed by atoms with Gasteiger partial charge in [-0.1, -0.05) is 0 Å². The number of carbonyl (C=O) groups is 2. The van der Waals surface area contributed by atoms with Gasteiger partial charge in [0.05, 0.1) is 6.61 Å². The van der Waals surface area contributed by atoms with E-state index < -0.39 is 0 Å². The Hall–Kier alpha value is -3.48. The van der Waals surface area contributed by atoms with Gasteiger partial charge in [-0.2, -0.15) is 5.10 Å². The normalized spacial score (nSPS) is 10.6. The third-order valence-corrected chi connectivity index (χ3v) is 4.40. The van der Waals surface area contributed by atoms with Crippen molar-refractivity contribution in [2.24, 2.45) is 0 Å². The van der Waals surface area contributed by atoms with E-state index in [0.29, 0.717) is 23.7 Å². The summed E-state index contributed by atoms with van der Waals surface area (Å²) in [6.45, 7) is 6.23. The van der Waals surface area contributed by atoms with Gasteiger partial charge in [0.15, 0.2) is 11.6 Å². The summed E-state index contributed by atoms with van der Waals surface area (Å²) in [5, 5.41) is 9.72. The Labute approximate surface area is 169 Å². The number of nitrogens with zero attached hydrogens (tertiary/aromatic N) is 2. The molecule has 0 radical (unpaired) electrons. The average Bonchev–Trinajstić information content (AvgIpc) is 3.14. The predicted molar refractivity (Wildman–Crippen MR) is 111 cm³/mol. The second-order valence-corrected chi connectivity index (χ2v) is 6.71. The van der Waals surface area contributed by atoms with Gasteiger partial charge < -0.3 is 10.1 Å². The molecule has 0 fully saturated rings. The van der Waals surface area contributed by atoms with Crippen LogP contribution in [0.1, 0.15) is 41.5 Å². The smallest absolute Gasteiger partial charge is 0.224 e. The van der Waals surface area contributed by atoms with Gasteiger partial charge in [0.2, 0.25) is 5.91 Å². The fraction of sp³-hybridized carbons (Fsp3) is 0.273. The third-order valence-electron chi connectivity index (χ3n) is 4.40. The van der Waals surface area contributed by atoms with Crippen LogP contribution < -0.4 is 10.1 Å². The zero-order chi connectivity index (χ0) is 20.8. The van der Waals surface area contributed by atoms with Crippen LogP contribution >= 0.6 is 0 Å². The zero-order valence-electron chi connectivity index (χ0n) is 16.8. The van der Waals surface area contributed by atoms with E-state index >= 15 is 0 Å². The molecule has 2 N–H and O–H groups in total. The van der Waals surface area contributed by atoms with Gasteiger partial charge in [0.1, 0.15) is 11.6 Å². The van der Waals surface area contributed by atoms with Crippen molar-refractivity contribution in [3.8, 4) is 17.1 Å². The second-order valence-electron chi connectivity index (χ2n) is 6.71. The number of aromatic amines is 1. The Kier molecular flexibility index (Phi) is 6.39. The van der Waals surface area contributed by atoms with Crippen molar-refractivity contribution in [1.82, 2.24) is 15.2 Å². The minimum Gasteiger partial charge on any atom is -0.494 e. The molecule has 0 bridgehead atoms. The van der Waals surface area contributed by atoms with Crippen LogP contribution in [0.5, 0.6) is 5.75 Å². The Morgan fingerprint density at radius 2 is 1.83 bits per heavy atom. The highest BCUT2D eigenvalue weighted by atomic mass is 16.5. The first kappa shape index (κ1) is 20.3. The summed E-state index contributed by atoms with van der Waals surface area (Å²) in [5.41, 5.74) is 3.01. The van der Waals surface area contributed by atoms with E-state index in [1.807, 2.05) is 32.9 Å². The van der Waals surface area contributed by atoms with E-state index in [1.165, 1.54) is 0 Å². The summed E-state index contributed by atoms with van der Waals surface area (Å²) in [6, 6.07) is 12.6. The van der Waals surface area contributed by atoms with Crippen LogP contribution in [0.3, 0.4) is 0 Å². The molecule has 3 rings (SSSR count). The number of amides is 1. The highest BCUT2D eigenvalue weighted by molar-refractivity contribution is 6.00. The van der Waals surface area contributed by atoms with Gasteiger partial charge in [-0.3, -0.25) is 14.7 Å². The monoisotopic (exact) mass is 392 g/mol. The van der Waals surface area contributed by atoms with E-state index in [1.54, 1.807) is 30.3 Å². The van der Waals surface area contributed by atoms with Crippen LogP contribution in [0.4, 0.5) is 5.69 Å². The SMILES string of the molecule is CCOc1ccc(C(=O)CCC(=O)Nc2ccc(-c3n[nH]c(C)n3)cc2)cc1C. The fourth-order valence-electron chi connectivity index (χ4n) is 2.91. The molecule has 2 aromatic carbocycles. The standard InChI is InChI=1S/C22H24N4O3/c1-4-29-20-11-7-17(13-14(20)2)19(27)10-12-21(28)24-18-8-5-16(6-9-18)22-23-15(3)25-26-22/h5-9,11,13H,4,10,12H2,1-3H3,(H,24,28)(H,23,25,26). The average molecular weight is 392 g/mol. The van der Waals surface area contributed by atoms with Gasteiger partial charge in [-0.05, 0) is 68.8 Å². The molecule has 0 saturated carbocycles. The van der Waals surface area contributed by atoms with Crippen molar-refractivity contribution >= 4 is 17.4 Å². The van der Waals surface area contributed by atoms with Gasteiger partial charge in [-0.25, -0.2) is 4.98 Å². The fourth-order valence-corrected chi connectivity index (χ4v) is 2.91. The minimum absolute atomic E-state index is 0.0679. The summed E-state index contributed by atoms with van der Waals surface area (Å²) in [4.78, 5) is 28.9. The summed E-state index contributed by atoms with van der Waals surface area (Å²) < 4.78 is 5.49. The summed E-state index contributed by atoms with van der Waals surface area (Å²) in [6.07, 6.45) is 0.265. The molecular weight excluding hydrogens is 368 g/mol. The van der Waals surface area contributed by atoms with Gasteiger partial charge in [0, 0.05) is 29.7 Å². The maximum Gasteiger partial charge on any atom is 0.224 e. The Morgan fingerprint density at radius 3 is 2.45 bits per heavy atom. The first-order chi connectivity index (χ1) is 14.0. The molecule has 7 heteroatoms. The summed E-state index contributed by atoms with van der Waals surface area (Å²) >= 11 is 0. The molecule has 3 aromatic rings. The largest absolute Gasteiger partial charge is 0.494 e. The number of aryl methyl sites for hydroxylation is 2. The van der Waals surface area contributed by atoms with Crippen molar-refractivity contribution in [3.63, 3.8) is 0 Å². The quantitative estimate of drug-likeness (QED) is 0.563. The number of carbonyl (C=O) groups excluding carboxylic acids is 2. The lowest BCUT2D eigenvalue weighted by molar-refractivity contribution is -0.116. The molecule has 0 atom stereocenters. The molecule has 29 heavy (non-hydrogen) atoms. The molecule has 0 aliphatic carbocycles. The van der Waals surface area contributed by atoms with Crippen molar-refractivity contribution in [2.45, 2.75) is 33.6 Å². The molecule has 1 aromatic heterocycles. The molecule has 0 saturated heterocycles. The van der Waals surface area contributed by atoms with Crippen LogP contribution in [-0.4, -0.2) is 33.5 Å². The lowest BCUT2D eigenvalue weighted by Crippen LogP contribution is -2.13.